The van der Waals surface area contributed by atoms with Gasteiger partial charge in [-0.25, -0.2) is 0 Å². The van der Waals surface area contributed by atoms with E-state index in [-0.39, 0.29) is 19.5 Å². The highest BCUT2D eigenvalue weighted by molar-refractivity contribution is 5.81. The van der Waals surface area contributed by atoms with Crippen molar-refractivity contribution in [1.82, 2.24) is 16.0 Å². The molecule has 0 bridgehead atoms. The third-order valence-corrected chi connectivity index (χ3v) is 8.51. The predicted molar refractivity (Wildman–Crippen MR) is 155 cm³/mol. The first kappa shape index (κ1) is 39.2. The fourth-order valence-corrected chi connectivity index (χ4v) is 5.66. The lowest BCUT2D eigenvalue weighted by Crippen LogP contribution is -2.69. The minimum Gasteiger partial charge on any atom is -0.394 e. The van der Waals surface area contributed by atoms with Crippen molar-refractivity contribution in [2.75, 3.05) is 39.8 Å². The number of rotatable bonds is 15. The van der Waals surface area contributed by atoms with Crippen molar-refractivity contribution in [3.05, 3.63) is 0 Å². The van der Waals surface area contributed by atoms with Crippen LogP contribution in [0.2, 0.25) is 0 Å². The molecule has 0 aromatic carbocycles. The van der Waals surface area contributed by atoms with Gasteiger partial charge in [0.1, 0.15) is 67.1 Å². The summed E-state index contributed by atoms with van der Waals surface area (Å²) in [5, 5.41) is 102. The van der Waals surface area contributed by atoms with Crippen LogP contribution in [-0.4, -0.2) is 196 Å². The van der Waals surface area contributed by atoms with E-state index in [2.05, 4.69) is 16.0 Å². The highest BCUT2D eigenvalue weighted by atomic mass is 16.7. The molecule has 0 aromatic heterocycles. The van der Waals surface area contributed by atoms with Gasteiger partial charge in [0.25, 0.3) is 0 Å². The van der Waals surface area contributed by atoms with Gasteiger partial charge >= 0.3 is 0 Å². The summed E-state index contributed by atoms with van der Waals surface area (Å²) in [5.74, 6) is -0.917. The Morgan fingerprint density at radius 1 is 0.891 bits per heavy atom. The molecule has 270 valence electrons. The van der Waals surface area contributed by atoms with Gasteiger partial charge in [-0.3, -0.25) is 4.79 Å². The van der Waals surface area contributed by atoms with Crippen molar-refractivity contribution < 1.29 is 69.7 Å². The zero-order valence-electron chi connectivity index (χ0n) is 25.6. The van der Waals surface area contributed by atoms with Crippen LogP contribution in [0.15, 0.2) is 0 Å². The zero-order valence-corrected chi connectivity index (χ0v) is 25.6. The average molecular weight is 673 g/mol. The normalized spacial score (nSPS) is 43.2. The first-order valence-corrected chi connectivity index (χ1v) is 15.3. The highest BCUT2D eigenvalue weighted by Gasteiger charge is 2.52. The molecule has 1 amide bonds. The second-order valence-corrected chi connectivity index (χ2v) is 12.0. The summed E-state index contributed by atoms with van der Waals surface area (Å²) < 4.78 is 23.0. The van der Waals surface area contributed by atoms with Crippen LogP contribution in [0, 0.1) is 0 Å². The Hall–Kier alpha value is -1.25. The zero-order chi connectivity index (χ0) is 34.3. The number of nitrogens with one attached hydrogen (secondary N) is 3. The average Bonchev–Trinajstić information content (AvgIpc) is 3.03. The molecule has 17 atom stereocenters. The first-order valence-electron chi connectivity index (χ1n) is 15.3. The molecular formula is C26H52N6O14. The van der Waals surface area contributed by atoms with Crippen molar-refractivity contribution >= 4 is 5.91 Å². The van der Waals surface area contributed by atoms with Gasteiger partial charge in [0.15, 0.2) is 12.6 Å². The van der Waals surface area contributed by atoms with E-state index in [1.54, 1.807) is 7.05 Å². The van der Waals surface area contributed by atoms with E-state index < -0.39 is 123 Å². The van der Waals surface area contributed by atoms with E-state index in [1.807, 2.05) is 0 Å². The van der Waals surface area contributed by atoms with Crippen molar-refractivity contribution in [2.24, 2.45) is 17.2 Å². The molecule has 20 nitrogen and oxygen atoms in total. The van der Waals surface area contributed by atoms with Gasteiger partial charge in [-0.1, -0.05) is 0 Å². The second-order valence-electron chi connectivity index (χ2n) is 12.0. The number of amides is 1. The van der Waals surface area contributed by atoms with Gasteiger partial charge in [-0.2, -0.15) is 0 Å². The maximum Gasteiger partial charge on any atom is 0.250 e. The number of hydrogen-bond donors (Lipinski definition) is 15. The van der Waals surface area contributed by atoms with Crippen LogP contribution in [0.3, 0.4) is 0 Å². The molecule has 2 heterocycles. The molecule has 1 aliphatic carbocycles. The summed E-state index contributed by atoms with van der Waals surface area (Å²) in [7, 11) is 1.74. The molecule has 20 heteroatoms. The summed E-state index contributed by atoms with van der Waals surface area (Å²) in [6.45, 7) is -0.455. The van der Waals surface area contributed by atoms with Crippen LogP contribution >= 0.6 is 0 Å². The predicted octanol–water partition coefficient (Wildman–Crippen LogP) is -9.21. The molecule has 0 aromatic rings. The first-order chi connectivity index (χ1) is 21.7. The smallest absolute Gasteiger partial charge is 0.250 e. The molecule has 2 aliphatic heterocycles. The molecule has 0 radical (unpaired) electrons. The number of aliphatic hydroxyl groups is 9. The van der Waals surface area contributed by atoms with Crippen molar-refractivity contribution in [3.8, 4) is 0 Å². The summed E-state index contributed by atoms with van der Waals surface area (Å²) in [5.41, 5.74) is 17.6. The number of nitrogens with two attached hydrogens (primary N) is 3. The Bertz CT molecular complexity index is 930. The molecule has 46 heavy (non-hydrogen) atoms. The van der Waals surface area contributed by atoms with Gasteiger partial charge in [0, 0.05) is 25.7 Å². The summed E-state index contributed by atoms with van der Waals surface area (Å²) in [6.07, 6.45) is -20.5. The van der Waals surface area contributed by atoms with Crippen LogP contribution in [-0.2, 0) is 23.7 Å². The van der Waals surface area contributed by atoms with E-state index in [4.69, 9.17) is 36.1 Å². The van der Waals surface area contributed by atoms with Gasteiger partial charge in [-0.15, -0.1) is 0 Å². The number of carbonyl (C=O) groups excluding carboxylic acids is 1. The standard InChI is InChI=1S/C26H52N6O14/c1-30-3-2-9(34)6-31-7-13-17(37)19(39)20(40)26(43-13)45-22-10(28)4-11(32-24(42)12(35)5-27)23(21(22)41)46-25-18(38)15(29)16(36)14(8-33)44-25/h9-23,25-26,30-31,33-41H,2-8,27-29H2,1H3,(H,32,42). The molecular weight excluding hydrogens is 620 g/mol. The fraction of sp³-hybridized carbons (Fsp3) is 0.962. The SMILES string of the molecule is CNCCC(O)CNCC1OC(OC2C(N)CC(NC(=O)C(O)CN)C(OC3OC(CO)C(O)C(N)C3O)C2O)C(O)C(O)C1O. The number of hydrogen-bond acceptors (Lipinski definition) is 19. The minimum atomic E-state index is -1.79. The molecule has 3 aliphatic rings. The van der Waals surface area contributed by atoms with Crippen LogP contribution in [0.25, 0.3) is 0 Å². The monoisotopic (exact) mass is 672 g/mol. The third kappa shape index (κ3) is 9.46. The third-order valence-electron chi connectivity index (χ3n) is 8.51. The molecule has 18 N–H and O–H groups in total. The van der Waals surface area contributed by atoms with Crippen LogP contribution < -0.4 is 33.2 Å². The maximum absolute atomic E-state index is 12.5. The Morgan fingerprint density at radius 3 is 2.15 bits per heavy atom. The summed E-state index contributed by atoms with van der Waals surface area (Å²) >= 11 is 0. The van der Waals surface area contributed by atoms with E-state index in [0.717, 1.165) is 0 Å². The molecule has 3 fully saturated rings. The summed E-state index contributed by atoms with van der Waals surface area (Å²) in [4.78, 5) is 12.5. The van der Waals surface area contributed by atoms with Gasteiger partial charge in [-0.05, 0) is 26.4 Å². The Morgan fingerprint density at radius 2 is 1.52 bits per heavy atom. The Balaban J connectivity index is 1.78. The number of carbonyl (C=O) groups is 1. The molecule has 0 spiro atoms. The van der Waals surface area contributed by atoms with Gasteiger partial charge in [0.2, 0.25) is 5.91 Å². The highest BCUT2D eigenvalue weighted by Crippen LogP contribution is 2.32. The summed E-state index contributed by atoms with van der Waals surface area (Å²) in [6, 6.07) is -3.55. The minimum absolute atomic E-state index is 0.0565. The van der Waals surface area contributed by atoms with E-state index in [1.165, 1.54) is 0 Å². The lowest BCUT2D eigenvalue weighted by atomic mass is 9.83. The van der Waals surface area contributed by atoms with E-state index in [9.17, 15) is 50.8 Å². The van der Waals surface area contributed by atoms with Gasteiger partial charge in [0.05, 0.1) is 24.8 Å². The van der Waals surface area contributed by atoms with E-state index >= 15 is 0 Å². The Labute approximate surface area is 265 Å². The van der Waals surface area contributed by atoms with Crippen molar-refractivity contribution in [3.63, 3.8) is 0 Å². The topological polar surface area (TPSA) is 350 Å². The second kappa shape index (κ2) is 17.9. The lowest BCUT2D eigenvalue weighted by molar-refractivity contribution is -0.333. The van der Waals surface area contributed by atoms with Gasteiger partial charge < -0.3 is 98.1 Å². The number of aliphatic hydroxyl groups excluding tert-OH is 9. The quantitative estimate of drug-likeness (QED) is 0.0767. The molecule has 2 saturated heterocycles. The maximum atomic E-state index is 12.5. The van der Waals surface area contributed by atoms with E-state index in [0.29, 0.717) is 13.0 Å². The Kier molecular flexibility index (Phi) is 15.3. The molecule has 1 saturated carbocycles. The number of ether oxygens (including phenoxy) is 4. The van der Waals surface area contributed by atoms with Crippen LogP contribution in [0.5, 0.6) is 0 Å². The fourth-order valence-electron chi connectivity index (χ4n) is 5.66. The molecule has 3 rings (SSSR count). The van der Waals surface area contributed by atoms with Crippen molar-refractivity contribution in [2.45, 2.75) is 117 Å². The van der Waals surface area contributed by atoms with Crippen molar-refractivity contribution in [1.29, 1.82) is 0 Å². The van der Waals surface area contributed by atoms with Crippen LogP contribution in [0.1, 0.15) is 12.8 Å². The van der Waals surface area contributed by atoms with Crippen LogP contribution in [0.4, 0.5) is 0 Å². The molecule has 17 unspecified atom stereocenters. The lowest BCUT2D eigenvalue weighted by Gasteiger charge is -2.49. The largest absolute Gasteiger partial charge is 0.394 e.